The maximum Gasteiger partial charge on any atom is 2.00 e. The van der Waals surface area contributed by atoms with Crippen LogP contribution in [0.15, 0.2) is 0 Å². The molecule has 6 N–H and O–H groups in total. The third kappa shape index (κ3) is 63.3. The van der Waals surface area contributed by atoms with Gasteiger partial charge in [0.15, 0.2) is 0 Å². The molecule has 1 radical (unpaired) electrons. The number of rotatable bonds is 36. The van der Waals surface area contributed by atoms with Crippen LogP contribution in [0, 0.1) is 71.0 Å². The first-order valence-corrected chi connectivity index (χ1v) is 31.2. The molecule has 0 rings (SSSR count). The first-order chi connectivity index (χ1) is 31.0. The zero-order chi connectivity index (χ0) is 53.9. The quantitative estimate of drug-likeness (QED) is 0.0418. The maximum atomic E-state index is 10.2. The summed E-state index contributed by atoms with van der Waals surface area (Å²) >= 11 is 0. The van der Waals surface area contributed by atoms with E-state index in [0.29, 0.717) is 150 Å². The molecule has 18 nitrogen and oxygen atoms in total. The summed E-state index contributed by atoms with van der Waals surface area (Å²) in [7, 11) is -12.5. The van der Waals surface area contributed by atoms with Crippen molar-refractivity contribution in [3.8, 4) is 0 Å². The van der Waals surface area contributed by atoms with Gasteiger partial charge in [0.25, 0.3) is 0 Å². The molecule has 0 spiro atoms. The van der Waals surface area contributed by atoms with Crippen LogP contribution >= 0.6 is 31.3 Å². The molecule has 0 saturated heterocycles. The standard InChI is InChI=1S/4C12H27O4P.Co.2H2O/c4*1-10(2)7-14-17(13,15-8-11(3)4)16-9-12(5)6;;;/h4*10-12H,7-9H2,1-6H3;;2*1H2/q;;;;+2;;/p+2. The Morgan fingerprint density at radius 1 is 0.197 bits per heavy atom. The van der Waals surface area contributed by atoms with Crippen LogP contribution < -0.4 is 0 Å². The van der Waals surface area contributed by atoms with E-state index in [2.05, 4.69) is 0 Å². The van der Waals surface area contributed by atoms with Crippen molar-refractivity contribution in [2.75, 3.05) is 79.3 Å². The van der Waals surface area contributed by atoms with Crippen LogP contribution in [0.3, 0.4) is 0 Å². The summed E-state index contributed by atoms with van der Waals surface area (Å²) in [6.07, 6.45) is 0. The molecule has 0 unspecified atom stereocenters. The minimum Gasteiger partial charge on any atom is -0.870 e. The fourth-order valence-corrected chi connectivity index (χ4v) is 10.1. The normalized spacial score (nSPS) is 12.5. The molecule has 0 aliphatic rings. The summed E-state index contributed by atoms with van der Waals surface area (Å²) in [4.78, 5) is 0. The molecule has 0 aromatic rings. The Morgan fingerprint density at radius 2 is 0.254 bits per heavy atom. The largest absolute Gasteiger partial charge is 2.00 e. The monoisotopic (exact) mass is 1160 g/mol. The fourth-order valence-electron chi connectivity index (χ4n) is 3.37. The van der Waals surface area contributed by atoms with E-state index in [4.69, 9.17) is 54.3 Å². The van der Waals surface area contributed by atoms with Crippen molar-refractivity contribution in [3.05, 3.63) is 0 Å². The van der Waals surface area contributed by atoms with Crippen LogP contribution in [0.5, 0.6) is 0 Å². The molecule has 0 fully saturated rings. The van der Waals surface area contributed by atoms with Gasteiger partial charge in [-0.25, -0.2) is 72.5 Å². The topological polar surface area (TPSA) is 256 Å². The summed E-state index contributed by atoms with van der Waals surface area (Å²) in [6.45, 7) is 53.9. The molecular formula is C48H114CoO18P4+4. The fraction of sp³-hybridized carbons (Fsp3) is 1.00. The smallest absolute Gasteiger partial charge is 0.870 e. The average molecular weight is 1160 g/mol. The van der Waals surface area contributed by atoms with Gasteiger partial charge in [0.1, 0.15) is 0 Å². The van der Waals surface area contributed by atoms with Gasteiger partial charge in [-0.3, -0.25) is 0 Å². The number of hydrogen-bond donors (Lipinski definition) is 0. The Balaban J connectivity index is -0.000000152. The van der Waals surface area contributed by atoms with Gasteiger partial charge in [-0.1, -0.05) is 166 Å². The Labute approximate surface area is 446 Å². The van der Waals surface area contributed by atoms with Crippen LogP contribution in [-0.2, 0) is 71.1 Å². The summed E-state index contributed by atoms with van der Waals surface area (Å²) < 4.78 is 106. The molecular weight excluding hydrogens is 1050 g/mol. The van der Waals surface area contributed by atoms with Crippen molar-refractivity contribution in [2.24, 2.45) is 71.0 Å². The van der Waals surface area contributed by atoms with Crippen molar-refractivity contribution in [1.29, 1.82) is 0 Å². The molecule has 0 aliphatic carbocycles. The third-order valence-electron chi connectivity index (χ3n) is 6.85. The summed E-state index contributed by atoms with van der Waals surface area (Å²) in [5.41, 5.74) is 0. The van der Waals surface area contributed by atoms with Crippen molar-refractivity contribution in [3.63, 3.8) is 0 Å². The second kappa shape index (κ2) is 48.0. The molecule has 0 saturated carbocycles. The molecule has 71 heavy (non-hydrogen) atoms. The van der Waals surface area contributed by atoms with Crippen molar-refractivity contribution < 1.29 is 100 Å². The first kappa shape index (κ1) is 85.8. The van der Waals surface area contributed by atoms with Gasteiger partial charge in [0.2, 0.25) is 0 Å². The third-order valence-corrected chi connectivity index (χ3v) is 12.6. The Morgan fingerprint density at radius 3 is 0.296 bits per heavy atom. The van der Waals surface area contributed by atoms with E-state index in [1.54, 1.807) is 0 Å². The summed E-state index contributed by atoms with van der Waals surface area (Å²) in [6, 6.07) is 0. The van der Waals surface area contributed by atoms with Gasteiger partial charge in [0.05, 0.1) is 79.3 Å². The van der Waals surface area contributed by atoms with Crippen LogP contribution in [-0.4, -0.2) is 108 Å². The van der Waals surface area contributed by atoms with Crippen LogP contribution in [0.4, 0.5) is 0 Å². The van der Waals surface area contributed by atoms with Gasteiger partial charge in [-0.2, -0.15) is 0 Å². The molecule has 0 aromatic heterocycles. The Hall–Kier alpha value is 0.866. The SMILES string of the molecule is CC(C)COP(=[OH+])(OCC(C)C)OCC(C)C.CC(C)COP(=[OH+])(OCC(C)C)OCC(C)C.CC(C)COP(=[OH+])(OCC(C)C)OCC(C)C.CC(C)COP(=[OH+])(OCC(C)C)OCC(C)C.[Co+2].[OH-].[OH-]. The van der Waals surface area contributed by atoms with Crippen molar-refractivity contribution in [1.82, 2.24) is 0 Å². The van der Waals surface area contributed by atoms with Gasteiger partial charge >= 0.3 is 48.1 Å². The molecule has 0 bridgehead atoms. The average Bonchev–Trinajstić information content (AvgIpc) is 3.21. The van der Waals surface area contributed by atoms with Crippen LogP contribution in [0.25, 0.3) is 0 Å². The zero-order valence-corrected chi connectivity index (χ0v) is 53.7. The molecule has 0 aliphatic heterocycles. The molecule has 0 heterocycles. The molecule has 0 aromatic carbocycles. The second-order valence-electron chi connectivity index (χ2n) is 22.1. The van der Waals surface area contributed by atoms with Crippen molar-refractivity contribution >= 4 is 31.3 Å². The van der Waals surface area contributed by atoms with Crippen LogP contribution in [0.1, 0.15) is 166 Å². The molecule has 0 atom stereocenters. The van der Waals surface area contributed by atoms with E-state index < -0.39 is 31.3 Å². The minimum atomic E-state index is -3.13. The molecule has 0 amide bonds. The molecule has 439 valence electrons. The Kier molecular flexibility index (Phi) is 58.0. The number of hydrogen-bond acceptors (Lipinski definition) is 14. The second-order valence-corrected chi connectivity index (χ2v) is 29.0. The van der Waals surface area contributed by atoms with E-state index in [-0.39, 0.29) is 27.7 Å². The van der Waals surface area contributed by atoms with E-state index in [1.165, 1.54) is 0 Å². The van der Waals surface area contributed by atoms with E-state index in [0.717, 1.165) is 0 Å². The Bertz CT molecular complexity index is 1010. The van der Waals surface area contributed by atoms with Gasteiger partial charge in [0, 0.05) is 0 Å². The van der Waals surface area contributed by atoms with Crippen LogP contribution in [0.2, 0.25) is 0 Å². The predicted molar refractivity (Wildman–Crippen MR) is 289 cm³/mol. The predicted octanol–water partition coefficient (Wildman–Crippen LogP) is 15.9. The van der Waals surface area contributed by atoms with E-state index >= 15 is 0 Å². The van der Waals surface area contributed by atoms with Gasteiger partial charge in [-0.15, -0.1) is 0 Å². The minimum absolute atomic E-state index is 0. The van der Waals surface area contributed by atoms with E-state index in [1.807, 2.05) is 166 Å². The first-order valence-electron chi connectivity index (χ1n) is 25.2. The van der Waals surface area contributed by atoms with E-state index in [9.17, 15) is 18.3 Å². The maximum absolute atomic E-state index is 10.2. The molecule has 23 heteroatoms. The zero-order valence-electron chi connectivity index (χ0n) is 49.1. The summed E-state index contributed by atoms with van der Waals surface area (Å²) in [5.74, 6) is 4.08. The summed E-state index contributed by atoms with van der Waals surface area (Å²) in [5, 5.41) is 0. The van der Waals surface area contributed by atoms with Crippen molar-refractivity contribution in [2.45, 2.75) is 166 Å². The van der Waals surface area contributed by atoms with Gasteiger partial charge in [-0.05, 0) is 71.0 Å². The van der Waals surface area contributed by atoms with Gasteiger partial charge < -0.3 is 11.0 Å².